The summed E-state index contributed by atoms with van der Waals surface area (Å²) < 4.78 is 5.63. The summed E-state index contributed by atoms with van der Waals surface area (Å²) in [4.78, 5) is 24.6. The zero-order valence-electron chi connectivity index (χ0n) is 15.5. The Bertz CT molecular complexity index is 1190. The van der Waals surface area contributed by atoms with Gasteiger partial charge in [-0.25, -0.2) is 0 Å². The maximum absolute atomic E-state index is 11.2. The van der Waals surface area contributed by atoms with Gasteiger partial charge in [-0.1, -0.05) is 18.2 Å². The summed E-state index contributed by atoms with van der Waals surface area (Å²) in [7, 11) is 0. The highest BCUT2D eigenvalue weighted by Crippen LogP contribution is 2.22. The number of terminal acetylenes is 1. The predicted octanol–water partition coefficient (Wildman–Crippen LogP) is 2.88. The van der Waals surface area contributed by atoms with Crippen molar-refractivity contribution < 1.29 is 19.4 Å². The van der Waals surface area contributed by atoms with E-state index in [-0.39, 0.29) is 11.3 Å². The monoisotopic (exact) mass is 390 g/mol. The average molecular weight is 390 g/mol. The third-order valence-corrected chi connectivity index (χ3v) is 3.74. The van der Waals surface area contributed by atoms with Crippen molar-refractivity contribution in [2.24, 2.45) is 0 Å². The van der Waals surface area contributed by atoms with E-state index in [1.54, 1.807) is 42.5 Å². The molecule has 0 spiro atoms. The van der Waals surface area contributed by atoms with Gasteiger partial charge < -0.3 is 20.0 Å². The van der Waals surface area contributed by atoms with Gasteiger partial charge in [0.2, 0.25) is 5.56 Å². The summed E-state index contributed by atoms with van der Waals surface area (Å²) in [5, 5.41) is 22.1. The molecule has 0 unspecified atom stereocenters. The summed E-state index contributed by atoms with van der Waals surface area (Å²) in [6.45, 7) is 1.32. The standard InChI is InChI=1S/C11H9NO3.C9H7NO2.C2H2/c1-7(13)15-9-4-2-3-8-5-6-10(14)12-11(8)9;11-8-5-1-3-7-4-2-6-10(12)9(7)8;1-2/h2-6H,1H3,(H,12,14);1-6,11H;1-2H. The van der Waals surface area contributed by atoms with Gasteiger partial charge in [-0.2, -0.15) is 4.73 Å². The van der Waals surface area contributed by atoms with Crippen molar-refractivity contribution >= 4 is 27.8 Å². The minimum absolute atomic E-state index is 0.0168. The largest absolute Gasteiger partial charge is 0.618 e. The molecule has 4 rings (SSSR count). The number of nitrogens with zero attached hydrogens (tertiary/aromatic N) is 1. The summed E-state index contributed by atoms with van der Waals surface area (Å²) in [6, 6.07) is 16.8. The average Bonchev–Trinajstić information content (AvgIpc) is 2.70. The van der Waals surface area contributed by atoms with Crippen LogP contribution in [0.3, 0.4) is 0 Å². The molecule has 0 saturated carbocycles. The number of benzene rings is 2. The Balaban J connectivity index is 0.000000194. The second-order valence-corrected chi connectivity index (χ2v) is 5.69. The van der Waals surface area contributed by atoms with Gasteiger partial charge in [0.05, 0.1) is 10.9 Å². The number of phenolic OH excluding ortho intramolecular Hbond substituents is 1. The van der Waals surface area contributed by atoms with Crippen LogP contribution >= 0.6 is 0 Å². The first-order chi connectivity index (χ1) is 14.0. The first kappa shape index (κ1) is 21.0. The third-order valence-electron chi connectivity index (χ3n) is 3.74. The number of aromatic hydroxyl groups is 1. The van der Waals surface area contributed by atoms with E-state index in [1.807, 2.05) is 6.07 Å². The van der Waals surface area contributed by atoms with Crippen LogP contribution in [0, 0.1) is 18.1 Å². The molecule has 0 fully saturated rings. The smallest absolute Gasteiger partial charge is 0.308 e. The zero-order valence-corrected chi connectivity index (χ0v) is 15.5. The van der Waals surface area contributed by atoms with E-state index in [4.69, 9.17) is 4.74 Å². The van der Waals surface area contributed by atoms with E-state index in [1.165, 1.54) is 25.3 Å². The number of aromatic amines is 1. The third kappa shape index (κ3) is 5.11. The van der Waals surface area contributed by atoms with Crippen LogP contribution in [-0.2, 0) is 4.79 Å². The van der Waals surface area contributed by atoms with Crippen molar-refractivity contribution in [1.29, 1.82) is 0 Å². The summed E-state index contributed by atoms with van der Waals surface area (Å²) >= 11 is 0. The molecule has 2 heterocycles. The molecular weight excluding hydrogens is 372 g/mol. The fourth-order valence-corrected chi connectivity index (χ4v) is 2.61. The quantitative estimate of drug-likeness (QED) is 0.171. The van der Waals surface area contributed by atoms with Gasteiger partial charge in [-0.3, -0.25) is 9.59 Å². The molecule has 2 aromatic carbocycles. The second-order valence-electron chi connectivity index (χ2n) is 5.69. The van der Waals surface area contributed by atoms with Gasteiger partial charge in [-0.05, 0) is 30.3 Å². The first-order valence-electron chi connectivity index (χ1n) is 8.39. The lowest BCUT2D eigenvalue weighted by Gasteiger charge is -2.04. The Morgan fingerprint density at radius 2 is 1.69 bits per heavy atom. The maximum Gasteiger partial charge on any atom is 0.308 e. The SMILES string of the molecule is C#C.CC(=O)Oc1cccc2ccc(=O)[nH]c12.[O-][n+]1cccc2cccc(O)c21. The van der Waals surface area contributed by atoms with Crippen molar-refractivity contribution in [3.8, 4) is 24.3 Å². The van der Waals surface area contributed by atoms with Crippen LogP contribution < -0.4 is 15.0 Å². The Hall–Kier alpha value is -4.31. The molecular formula is C22H18N2O5. The number of fused-ring (bicyclic) bond motifs is 2. The number of carbonyl (C=O) groups excluding carboxylic acids is 1. The Morgan fingerprint density at radius 1 is 1.03 bits per heavy atom. The lowest BCUT2D eigenvalue weighted by Crippen LogP contribution is -2.25. The molecule has 2 aromatic heterocycles. The minimum Gasteiger partial charge on any atom is -0.618 e. The van der Waals surface area contributed by atoms with Crippen LogP contribution in [0.1, 0.15) is 6.92 Å². The summed E-state index contributed by atoms with van der Waals surface area (Å²) in [5.74, 6) is -0.0204. The number of rotatable bonds is 1. The number of hydrogen-bond donors (Lipinski definition) is 2. The molecule has 4 aromatic rings. The van der Waals surface area contributed by atoms with Crippen molar-refractivity contribution in [1.82, 2.24) is 4.98 Å². The topological polar surface area (TPSA) is 106 Å². The molecule has 0 aliphatic carbocycles. The molecule has 0 amide bonds. The maximum atomic E-state index is 11.2. The van der Waals surface area contributed by atoms with Crippen molar-refractivity contribution in [2.45, 2.75) is 6.92 Å². The molecule has 29 heavy (non-hydrogen) atoms. The van der Waals surface area contributed by atoms with Gasteiger partial charge in [0, 0.05) is 24.4 Å². The van der Waals surface area contributed by atoms with Crippen molar-refractivity contribution in [3.05, 3.63) is 82.4 Å². The number of esters is 1. The number of hydrogen-bond acceptors (Lipinski definition) is 5. The van der Waals surface area contributed by atoms with E-state index >= 15 is 0 Å². The molecule has 0 bridgehead atoms. The van der Waals surface area contributed by atoms with Gasteiger partial charge in [0.25, 0.3) is 5.52 Å². The number of H-pyrrole nitrogens is 1. The van der Waals surface area contributed by atoms with E-state index in [2.05, 4.69) is 17.8 Å². The highest BCUT2D eigenvalue weighted by Gasteiger charge is 2.06. The van der Waals surface area contributed by atoms with E-state index < -0.39 is 5.97 Å². The molecule has 0 saturated heterocycles. The van der Waals surface area contributed by atoms with Crippen molar-refractivity contribution in [2.75, 3.05) is 0 Å². The second kappa shape index (κ2) is 9.58. The van der Waals surface area contributed by atoms with Crippen LogP contribution in [0.25, 0.3) is 21.8 Å². The zero-order chi connectivity index (χ0) is 21.4. The van der Waals surface area contributed by atoms with Crippen LogP contribution in [0.4, 0.5) is 0 Å². The van der Waals surface area contributed by atoms with Gasteiger partial charge in [0.1, 0.15) is 0 Å². The highest BCUT2D eigenvalue weighted by atomic mass is 16.5. The number of carbonyl (C=O) groups is 1. The van der Waals surface area contributed by atoms with Gasteiger partial charge in [0.15, 0.2) is 17.7 Å². The van der Waals surface area contributed by atoms with E-state index in [0.29, 0.717) is 21.5 Å². The molecule has 0 radical (unpaired) electrons. The number of aromatic nitrogens is 2. The van der Waals surface area contributed by atoms with Crippen LogP contribution in [0.2, 0.25) is 0 Å². The van der Waals surface area contributed by atoms with Crippen LogP contribution in [-0.4, -0.2) is 16.1 Å². The van der Waals surface area contributed by atoms with Gasteiger partial charge >= 0.3 is 5.97 Å². The number of nitrogens with one attached hydrogen (secondary N) is 1. The van der Waals surface area contributed by atoms with Crippen LogP contribution in [0.5, 0.6) is 11.5 Å². The Labute approximate surface area is 166 Å². The number of pyridine rings is 2. The van der Waals surface area contributed by atoms with E-state index in [9.17, 15) is 19.9 Å². The number of ether oxygens (including phenoxy) is 1. The first-order valence-corrected chi connectivity index (χ1v) is 8.39. The minimum atomic E-state index is -0.410. The molecule has 0 aliphatic heterocycles. The molecule has 7 heteroatoms. The van der Waals surface area contributed by atoms with Crippen molar-refractivity contribution in [3.63, 3.8) is 0 Å². The Kier molecular flexibility index (Phi) is 6.93. The fraction of sp³-hybridized carbons (Fsp3) is 0.0455. The Morgan fingerprint density at radius 3 is 2.38 bits per heavy atom. The van der Waals surface area contributed by atoms with E-state index in [0.717, 1.165) is 10.8 Å². The predicted molar refractivity (Wildman–Crippen MR) is 110 cm³/mol. The van der Waals surface area contributed by atoms with Crippen LogP contribution in [0.15, 0.2) is 71.7 Å². The molecule has 146 valence electrons. The lowest BCUT2D eigenvalue weighted by molar-refractivity contribution is -0.577. The number of para-hydroxylation sites is 2. The summed E-state index contributed by atoms with van der Waals surface area (Å²) in [5.41, 5.74) is 0.641. The molecule has 0 aliphatic rings. The lowest BCUT2D eigenvalue weighted by atomic mass is 10.2. The summed E-state index contributed by atoms with van der Waals surface area (Å²) in [6.07, 6.45) is 9.36. The molecule has 7 nitrogen and oxygen atoms in total. The molecule has 0 atom stereocenters. The molecule has 2 N–H and O–H groups in total. The normalized spacial score (nSPS) is 9.62. The van der Waals surface area contributed by atoms with Gasteiger partial charge in [-0.15, -0.1) is 12.8 Å². The number of phenols is 1. The fourth-order valence-electron chi connectivity index (χ4n) is 2.61. The highest BCUT2D eigenvalue weighted by molar-refractivity contribution is 5.86.